The van der Waals surface area contributed by atoms with Gasteiger partial charge in [-0.15, -0.1) is 6.42 Å². The number of rotatable bonds is 4. The van der Waals surface area contributed by atoms with Gasteiger partial charge >= 0.3 is 6.09 Å². The van der Waals surface area contributed by atoms with Crippen molar-refractivity contribution in [1.82, 2.24) is 20.2 Å². The van der Waals surface area contributed by atoms with E-state index in [9.17, 15) is 9.59 Å². The van der Waals surface area contributed by atoms with Crippen LogP contribution in [-0.2, 0) is 9.53 Å². The predicted molar refractivity (Wildman–Crippen MR) is 84.4 cm³/mol. The summed E-state index contributed by atoms with van der Waals surface area (Å²) in [6, 6.07) is -0.782. The average molecular weight is 318 g/mol. The summed E-state index contributed by atoms with van der Waals surface area (Å²) in [7, 11) is 1.28. The van der Waals surface area contributed by atoms with Gasteiger partial charge in [-0.25, -0.2) is 9.78 Å². The van der Waals surface area contributed by atoms with Crippen molar-refractivity contribution < 1.29 is 14.3 Å². The van der Waals surface area contributed by atoms with E-state index in [1.54, 1.807) is 11.1 Å². The number of terminal acetylenes is 1. The van der Waals surface area contributed by atoms with Crippen molar-refractivity contribution in [3.05, 3.63) is 17.7 Å². The third-order valence-electron chi connectivity index (χ3n) is 3.99. The van der Waals surface area contributed by atoms with E-state index < -0.39 is 12.1 Å². The van der Waals surface area contributed by atoms with Crippen molar-refractivity contribution in [1.29, 1.82) is 0 Å². The summed E-state index contributed by atoms with van der Waals surface area (Å²) in [5.74, 6) is 2.99. The maximum atomic E-state index is 12.9. The number of alkyl carbamates (subject to hydrolysis) is 1. The number of nitrogens with zero attached hydrogens (tertiary/aromatic N) is 2. The number of hydrogen-bond acceptors (Lipinski definition) is 4. The third kappa shape index (κ3) is 3.65. The molecule has 0 saturated carbocycles. The number of nitrogens with one attached hydrogen (secondary N) is 2. The predicted octanol–water partition coefficient (Wildman–Crippen LogP) is 1.44. The molecule has 2 N–H and O–H groups in total. The minimum Gasteiger partial charge on any atom is -0.453 e. The van der Waals surface area contributed by atoms with Gasteiger partial charge in [0, 0.05) is 6.54 Å². The second-order valence-corrected chi connectivity index (χ2v) is 5.87. The molecule has 1 aliphatic rings. The Balaban J connectivity index is 2.18. The van der Waals surface area contributed by atoms with Crippen LogP contribution >= 0.6 is 0 Å². The van der Waals surface area contributed by atoms with E-state index in [0.717, 1.165) is 12.8 Å². The van der Waals surface area contributed by atoms with Gasteiger partial charge in [-0.1, -0.05) is 19.8 Å². The number of hydrogen-bond donors (Lipinski definition) is 2. The van der Waals surface area contributed by atoms with Crippen LogP contribution in [0.4, 0.5) is 4.79 Å². The SMILES string of the molecule is C#Cc1cnc([C@H]2CCCN2C(=O)[C@H](NC(=O)OC)C(C)C)[nH]1. The van der Waals surface area contributed by atoms with Crippen LogP contribution in [0.3, 0.4) is 0 Å². The molecule has 1 aromatic heterocycles. The van der Waals surface area contributed by atoms with Gasteiger partial charge in [-0.3, -0.25) is 4.79 Å². The van der Waals surface area contributed by atoms with E-state index >= 15 is 0 Å². The highest BCUT2D eigenvalue weighted by molar-refractivity contribution is 5.86. The Labute approximate surface area is 135 Å². The molecular formula is C16H22N4O3. The van der Waals surface area contributed by atoms with Crippen LogP contribution in [0.15, 0.2) is 6.20 Å². The quantitative estimate of drug-likeness (QED) is 0.822. The van der Waals surface area contributed by atoms with Crippen molar-refractivity contribution in [2.45, 2.75) is 38.8 Å². The summed E-state index contributed by atoms with van der Waals surface area (Å²) in [4.78, 5) is 33.5. The lowest BCUT2D eigenvalue weighted by molar-refractivity contribution is -0.135. The number of methoxy groups -OCH3 is 1. The van der Waals surface area contributed by atoms with E-state index in [4.69, 9.17) is 6.42 Å². The molecule has 2 rings (SSSR count). The van der Waals surface area contributed by atoms with Crippen LogP contribution < -0.4 is 5.32 Å². The highest BCUT2D eigenvalue weighted by Crippen LogP contribution is 2.31. The highest BCUT2D eigenvalue weighted by atomic mass is 16.5. The molecule has 1 aromatic rings. The first-order valence-corrected chi connectivity index (χ1v) is 7.64. The smallest absolute Gasteiger partial charge is 0.407 e. The molecule has 0 unspecified atom stereocenters. The third-order valence-corrected chi connectivity index (χ3v) is 3.99. The van der Waals surface area contributed by atoms with E-state index in [1.165, 1.54) is 7.11 Å². The molecule has 2 amide bonds. The number of carbonyl (C=O) groups is 2. The minimum absolute atomic E-state index is 0.0549. The molecule has 1 aliphatic heterocycles. The number of aromatic nitrogens is 2. The van der Waals surface area contributed by atoms with Gasteiger partial charge in [0.15, 0.2) is 0 Å². The molecule has 1 fully saturated rings. The van der Waals surface area contributed by atoms with Gasteiger partial charge in [0.05, 0.1) is 19.3 Å². The second-order valence-electron chi connectivity index (χ2n) is 5.87. The lowest BCUT2D eigenvalue weighted by Crippen LogP contribution is -2.51. The fourth-order valence-electron chi connectivity index (χ4n) is 2.77. The molecule has 0 aromatic carbocycles. The molecule has 7 nitrogen and oxygen atoms in total. The van der Waals surface area contributed by atoms with Crippen LogP contribution in [0.2, 0.25) is 0 Å². The standard InChI is InChI=1S/C16H22N4O3/c1-5-11-9-17-14(18-11)12-7-6-8-20(12)15(21)13(10(2)3)19-16(22)23-4/h1,9-10,12-13H,6-8H2,2-4H3,(H,17,18)(H,19,22)/t12-,13-/m1/s1. The Morgan fingerprint density at radius 2 is 2.30 bits per heavy atom. The van der Waals surface area contributed by atoms with Crippen LogP contribution in [0, 0.1) is 18.3 Å². The second kappa shape index (κ2) is 7.18. The van der Waals surface area contributed by atoms with Crippen molar-refractivity contribution in [3.8, 4) is 12.3 Å². The topological polar surface area (TPSA) is 87.3 Å². The monoisotopic (exact) mass is 318 g/mol. The zero-order chi connectivity index (χ0) is 17.0. The molecular weight excluding hydrogens is 296 g/mol. The fourth-order valence-corrected chi connectivity index (χ4v) is 2.77. The maximum absolute atomic E-state index is 12.9. The van der Waals surface area contributed by atoms with Crippen molar-refractivity contribution in [3.63, 3.8) is 0 Å². The van der Waals surface area contributed by atoms with Gasteiger partial charge in [0.25, 0.3) is 0 Å². The Hall–Kier alpha value is -2.49. The molecule has 2 atom stereocenters. The summed E-state index contributed by atoms with van der Waals surface area (Å²) in [5.41, 5.74) is 0.590. The molecule has 23 heavy (non-hydrogen) atoms. The van der Waals surface area contributed by atoms with E-state index in [0.29, 0.717) is 18.1 Å². The Morgan fingerprint density at radius 1 is 1.57 bits per heavy atom. The number of likely N-dealkylation sites (tertiary alicyclic amines) is 1. The van der Waals surface area contributed by atoms with Gasteiger partial charge in [-0.2, -0.15) is 0 Å². The van der Waals surface area contributed by atoms with E-state index in [1.807, 2.05) is 13.8 Å². The van der Waals surface area contributed by atoms with Crippen molar-refractivity contribution in [2.24, 2.45) is 5.92 Å². The Morgan fingerprint density at radius 3 is 2.87 bits per heavy atom. The van der Waals surface area contributed by atoms with Crippen LogP contribution in [0.25, 0.3) is 0 Å². The number of imidazole rings is 1. The zero-order valence-corrected chi connectivity index (χ0v) is 13.6. The first-order valence-electron chi connectivity index (χ1n) is 7.64. The molecule has 7 heteroatoms. The lowest BCUT2D eigenvalue weighted by atomic mass is 10.0. The van der Waals surface area contributed by atoms with Gasteiger partial charge in [-0.05, 0) is 18.8 Å². The van der Waals surface area contributed by atoms with Crippen molar-refractivity contribution >= 4 is 12.0 Å². The summed E-state index contributed by atoms with van der Waals surface area (Å²) in [6.45, 7) is 4.39. The Kier molecular flexibility index (Phi) is 5.27. The van der Waals surface area contributed by atoms with Gasteiger partial charge in [0.2, 0.25) is 5.91 Å². The number of carbonyl (C=O) groups excluding carboxylic acids is 2. The molecule has 0 radical (unpaired) electrons. The highest BCUT2D eigenvalue weighted by Gasteiger charge is 2.37. The molecule has 2 heterocycles. The summed E-state index contributed by atoms with van der Waals surface area (Å²) in [5, 5.41) is 2.62. The first kappa shape index (κ1) is 16.9. The summed E-state index contributed by atoms with van der Waals surface area (Å²) < 4.78 is 4.61. The van der Waals surface area contributed by atoms with E-state index in [2.05, 4.69) is 25.9 Å². The Bertz CT molecular complexity index is 617. The summed E-state index contributed by atoms with van der Waals surface area (Å²) in [6.07, 6.45) is 8.02. The number of H-pyrrole nitrogens is 1. The number of amides is 2. The molecule has 124 valence electrons. The average Bonchev–Trinajstić information content (AvgIpc) is 3.19. The molecule has 0 bridgehead atoms. The first-order chi connectivity index (χ1) is 11.0. The summed E-state index contributed by atoms with van der Waals surface area (Å²) >= 11 is 0. The number of ether oxygens (including phenoxy) is 1. The zero-order valence-electron chi connectivity index (χ0n) is 13.6. The van der Waals surface area contributed by atoms with Crippen molar-refractivity contribution in [2.75, 3.05) is 13.7 Å². The minimum atomic E-state index is -0.634. The van der Waals surface area contributed by atoms with Crippen LogP contribution in [0.5, 0.6) is 0 Å². The molecule has 0 spiro atoms. The molecule has 0 aliphatic carbocycles. The normalized spacial score (nSPS) is 18.6. The van der Waals surface area contributed by atoms with Gasteiger partial charge in [0.1, 0.15) is 17.6 Å². The van der Waals surface area contributed by atoms with E-state index in [-0.39, 0.29) is 17.9 Å². The van der Waals surface area contributed by atoms with Crippen LogP contribution in [0.1, 0.15) is 44.2 Å². The fraction of sp³-hybridized carbons (Fsp3) is 0.562. The molecule has 1 saturated heterocycles. The maximum Gasteiger partial charge on any atom is 0.407 e. The largest absolute Gasteiger partial charge is 0.453 e. The number of aromatic amines is 1. The van der Waals surface area contributed by atoms with Gasteiger partial charge < -0.3 is 19.9 Å². The lowest BCUT2D eigenvalue weighted by Gasteiger charge is -2.29. The van der Waals surface area contributed by atoms with Crippen LogP contribution in [-0.4, -0.2) is 46.6 Å².